The zero-order valence-corrected chi connectivity index (χ0v) is 30.5. The predicted octanol–water partition coefficient (Wildman–Crippen LogP) is 7.08. The van der Waals surface area contributed by atoms with Crippen molar-refractivity contribution in [2.24, 2.45) is 17.8 Å². The number of hydrogen-bond acceptors (Lipinski definition) is 8. The third kappa shape index (κ3) is 7.60. The number of carbonyl (C=O) groups is 2. The van der Waals surface area contributed by atoms with Gasteiger partial charge in [0.2, 0.25) is 5.43 Å². The molecule has 2 saturated carbocycles. The molecular formula is C43H39F2N7O4. The Hall–Kier alpha value is -6.42. The molecule has 284 valence electrons. The number of aromatic nitrogens is 3. The zero-order chi connectivity index (χ0) is 38.9. The highest BCUT2D eigenvalue weighted by Gasteiger charge is 2.38. The Bertz CT molecular complexity index is 2400. The standard InChI is InChI=1S/C43H39F2N7O4/c44-30-6-11-38(48-20-30)35-23-51(21-25-2-1-3-25)24-36(40(35)53)42(54)50-31-7-10-33(37(45)17-31)34-16-29(19-49-41(34)47)28-4-8-32(9-5-28)56-39-12-13-52(43(39)55)22-27-14-26(15-27)18-46/h4-11,16-17,19-20,23-27,39H,1-3,12-15,21-22H2,(H2,47,49)(H,50,54)/t26?,27?,39-/m1/s1. The van der Waals surface area contributed by atoms with Gasteiger partial charge in [0.05, 0.1) is 23.5 Å². The molecule has 11 nitrogen and oxygen atoms in total. The number of halogens is 2. The molecular weight excluding hydrogens is 717 g/mol. The molecule has 0 spiro atoms. The van der Waals surface area contributed by atoms with E-state index in [2.05, 4.69) is 21.4 Å². The Kier molecular flexibility index (Phi) is 10.0. The first-order chi connectivity index (χ1) is 27.1. The molecule has 5 aromatic rings. The van der Waals surface area contributed by atoms with Crippen LogP contribution in [0.3, 0.4) is 0 Å². The average Bonchev–Trinajstić information content (AvgIpc) is 3.50. The summed E-state index contributed by atoms with van der Waals surface area (Å²) in [5.74, 6) is -0.423. The maximum Gasteiger partial charge on any atom is 0.263 e. The van der Waals surface area contributed by atoms with E-state index >= 15 is 4.39 Å². The third-order valence-electron chi connectivity index (χ3n) is 11.1. The van der Waals surface area contributed by atoms with Gasteiger partial charge in [0.15, 0.2) is 6.10 Å². The molecule has 1 saturated heterocycles. The van der Waals surface area contributed by atoms with Crippen molar-refractivity contribution < 1.29 is 23.1 Å². The minimum atomic E-state index is -0.720. The number of carbonyl (C=O) groups excluding carboxylic acids is 2. The van der Waals surface area contributed by atoms with Gasteiger partial charge in [0, 0.05) is 72.9 Å². The number of nitriles is 1. The number of amides is 2. The maximum atomic E-state index is 15.8. The van der Waals surface area contributed by atoms with Gasteiger partial charge in [-0.25, -0.2) is 13.8 Å². The number of rotatable bonds is 11. The Labute approximate surface area is 321 Å². The van der Waals surface area contributed by atoms with E-state index in [1.807, 2.05) is 17.0 Å². The fourth-order valence-electron chi connectivity index (χ4n) is 7.64. The number of nitrogen functional groups attached to an aromatic ring is 1. The molecule has 3 fully saturated rings. The lowest BCUT2D eigenvalue weighted by atomic mass is 9.75. The van der Waals surface area contributed by atoms with E-state index in [4.69, 9.17) is 15.7 Å². The summed E-state index contributed by atoms with van der Waals surface area (Å²) in [6.07, 6.45) is 10.7. The number of nitrogens with one attached hydrogen (secondary N) is 1. The Morgan fingerprint density at radius 3 is 2.39 bits per heavy atom. The first-order valence-electron chi connectivity index (χ1n) is 18.8. The second-order valence-corrected chi connectivity index (χ2v) is 14.9. The van der Waals surface area contributed by atoms with Crippen LogP contribution >= 0.6 is 0 Å². The molecule has 3 N–H and O–H groups in total. The molecule has 0 unspecified atom stereocenters. The van der Waals surface area contributed by atoms with Gasteiger partial charge in [-0.2, -0.15) is 5.26 Å². The van der Waals surface area contributed by atoms with E-state index in [0.717, 1.165) is 49.9 Å². The molecule has 1 atom stereocenters. The van der Waals surface area contributed by atoms with Gasteiger partial charge < -0.3 is 25.3 Å². The molecule has 3 aliphatic rings. The number of likely N-dealkylation sites (tertiary alicyclic amines) is 1. The van der Waals surface area contributed by atoms with Gasteiger partial charge in [-0.3, -0.25) is 19.4 Å². The summed E-state index contributed by atoms with van der Waals surface area (Å²) in [7, 11) is 0. The van der Waals surface area contributed by atoms with Crippen molar-refractivity contribution in [2.45, 2.75) is 51.2 Å². The highest BCUT2D eigenvalue weighted by Crippen LogP contribution is 2.36. The van der Waals surface area contributed by atoms with E-state index in [1.165, 1.54) is 30.5 Å². The molecule has 2 amide bonds. The molecule has 3 aromatic heterocycles. The smallest absolute Gasteiger partial charge is 0.263 e. The monoisotopic (exact) mass is 755 g/mol. The Balaban J connectivity index is 0.959. The van der Waals surface area contributed by atoms with Gasteiger partial charge in [-0.15, -0.1) is 0 Å². The Morgan fingerprint density at radius 2 is 1.70 bits per heavy atom. The van der Waals surface area contributed by atoms with Gasteiger partial charge in [0.25, 0.3) is 11.8 Å². The van der Waals surface area contributed by atoms with E-state index in [1.54, 1.807) is 35.2 Å². The van der Waals surface area contributed by atoms with Crippen LogP contribution in [-0.4, -0.2) is 50.4 Å². The highest BCUT2D eigenvalue weighted by molar-refractivity contribution is 6.04. The lowest BCUT2D eigenvalue weighted by molar-refractivity contribution is -0.134. The first kappa shape index (κ1) is 36.6. The third-order valence-corrected chi connectivity index (χ3v) is 11.1. The lowest BCUT2D eigenvalue weighted by Gasteiger charge is -2.33. The van der Waals surface area contributed by atoms with Gasteiger partial charge in [-0.1, -0.05) is 18.6 Å². The predicted molar refractivity (Wildman–Crippen MR) is 206 cm³/mol. The Morgan fingerprint density at radius 1 is 0.893 bits per heavy atom. The van der Waals surface area contributed by atoms with E-state index < -0.39 is 29.1 Å². The summed E-state index contributed by atoms with van der Waals surface area (Å²) in [5, 5.41) is 11.7. The molecule has 2 aliphatic carbocycles. The van der Waals surface area contributed by atoms with Gasteiger partial charge in [-0.05, 0) is 91.6 Å². The molecule has 1 aliphatic heterocycles. The quantitative estimate of drug-likeness (QED) is 0.145. The van der Waals surface area contributed by atoms with Crippen LogP contribution < -0.4 is 21.2 Å². The summed E-state index contributed by atoms with van der Waals surface area (Å²) in [5.41, 5.74) is 7.99. The summed E-state index contributed by atoms with van der Waals surface area (Å²) in [6.45, 7) is 1.90. The van der Waals surface area contributed by atoms with Crippen molar-refractivity contribution in [3.05, 3.63) is 113 Å². The van der Waals surface area contributed by atoms with Crippen LogP contribution in [0.4, 0.5) is 20.3 Å². The molecule has 0 bridgehead atoms. The SMILES string of the molecule is N#CC1CC(CN2CC[C@@H](Oc3ccc(-c4cnc(N)c(-c5ccc(NC(=O)c6cn(CC7CCC7)cc(-c7ccc(F)cn7)c6=O)cc5F)c4)cc3)C2=O)C1. The molecule has 0 radical (unpaired) electrons. The molecule has 56 heavy (non-hydrogen) atoms. The fourth-order valence-corrected chi connectivity index (χ4v) is 7.64. The summed E-state index contributed by atoms with van der Waals surface area (Å²) >= 11 is 0. The highest BCUT2D eigenvalue weighted by atomic mass is 19.1. The van der Waals surface area contributed by atoms with E-state index in [0.29, 0.717) is 54.8 Å². The second-order valence-electron chi connectivity index (χ2n) is 14.9. The van der Waals surface area contributed by atoms with Gasteiger partial charge >= 0.3 is 0 Å². The normalized spacial score (nSPS) is 19.2. The second kappa shape index (κ2) is 15.4. The lowest BCUT2D eigenvalue weighted by Crippen LogP contribution is -2.39. The minimum absolute atomic E-state index is 0.0365. The minimum Gasteiger partial charge on any atom is -0.481 e. The first-order valence-corrected chi connectivity index (χ1v) is 18.8. The molecule has 4 heterocycles. The summed E-state index contributed by atoms with van der Waals surface area (Å²) in [6, 6.07) is 18.0. The van der Waals surface area contributed by atoms with Crippen LogP contribution in [0.2, 0.25) is 0 Å². The van der Waals surface area contributed by atoms with Crippen molar-refractivity contribution in [2.75, 3.05) is 24.1 Å². The van der Waals surface area contributed by atoms with Crippen molar-refractivity contribution in [3.8, 4) is 45.3 Å². The topological polar surface area (TPSA) is 156 Å². The fraction of sp³-hybridized carbons (Fsp3) is 0.302. The van der Waals surface area contributed by atoms with Crippen LogP contribution in [-0.2, 0) is 11.3 Å². The summed E-state index contributed by atoms with van der Waals surface area (Å²) in [4.78, 5) is 50.3. The number of benzene rings is 2. The maximum absolute atomic E-state index is 15.8. The molecule has 8 rings (SSSR count). The van der Waals surface area contributed by atoms with E-state index in [9.17, 15) is 18.8 Å². The largest absolute Gasteiger partial charge is 0.481 e. The van der Waals surface area contributed by atoms with Gasteiger partial charge in [0.1, 0.15) is 28.8 Å². The summed E-state index contributed by atoms with van der Waals surface area (Å²) < 4.78 is 37.2. The number of ether oxygens (including phenoxy) is 1. The molecule has 13 heteroatoms. The zero-order valence-electron chi connectivity index (χ0n) is 30.5. The number of nitrogens with two attached hydrogens (primary N) is 1. The van der Waals surface area contributed by atoms with Crippen LogP contribution in [0.25, 0.3) is 33.5 Å². The number of pyridine rings is 3. The van der Waals surface area contributed by atoms with Crippen LogP contribution in [0.1, 0.15) is 48.9 Å². The van der Waals surface area contributed by atoms with Crippen LogP contribution in [0.15, 0.2) is 90.2 Å². The number of anilines is 2. The van der Waals surface area contributed by atoms with Crippen molar-refractivity contribution in [1.82, 2.24) is 19.4 Å². The van der Waals surface area contributed by atoms with Crippen LogP contribution in [0, 0.1) is 40.7 Å². The van der Waals surface area contributed by atoms with E-state index in [-0.39, 0.29) is 45.7 Å². The number of nitrogens with zero attached hydrogens (tertiary/aromatic N) is 5. The number of hydrogen-bond donors (Lipinski definition) is 2. The van der Waals surface area contributed by atoms with Crippen molar-refractivity contribution >= 4 is 23.3 Å². The molecule has 2 aromatic carbocycles. The van der Waals surface area contributed by atoms with Crippen molar-refractivity contribution in [1.29, 1.82) is 5.26 Å². The average molecular weight is 756 g/mol. The van der Waals surface area contributed by atoms with Crippen molar-refractivity contribution in [3.63, 3.8) is 0 Å². The van der Waals surface area contributed by atoms with Crippen LogP contribution in [0.5, 0.6) is 5.75 Å².